The maximum absolute atomic E-state index is 11.1. The van der Waals surface area contributed by atoms with Gasteiger partial charge in [0.2, 0.25) is 0 Å². The highest BCUT2D eigenvalue weighted by Gasteiger charge is 2.53. The van der Waals surface area contributed by atoms with Crippen LogP contribution >= 0.6 is 11.6 Å². The van der Waals surface area contributed by atoms with Gasteiger partial charge in [-0.3, -0.25) is 0 Å². The first-order valence-electron chi connectivity index (χ1n) is 7.33. The first-order chi connectivity index (χ1) is 9.64. The molecule has 20 heavy (non-hydrogen) atoms. The summed E-state index contributed by atoms with van der Waals surface area (Å²) in [7, 11) is 0. The van der Waals surface area contributed by atoms with E-state index >= 15 is 0 Å². The summed E-state index contributed by atoms with van der Waals surface area (Å²) in [6.45, 7) is 1.29. The predicted molar refractivity (Wildman–Crippen MR) is 81.0 cm³/mol. The molecule has 0 unspecified atom stereocenters. The Balaban J connectivity index is 1.90. The van der Waals surface area contributed by atoms with E-state index in [1.165, 1.54) is 5.56 Å². The SMILES string of the molecule is O[C@]12C/C=C\COC[C@]1(Cc1ccc(Cl)cc1)CCC2. The molecule has 3 rings (SSSR count). The van der Waals surface area contributed by atoms with E-state index in [9.17, 15) is 5.11 Å². The Morgan fingerprint density at radius 1 is 1.15 bits per heavy atom. The average Bonchev–Trinajstić information content (AvgIpc) is 2.71. The lowest BCUT2D eigenvalue weighted by Crippen LogP contribution is -2.48. The number of benzene rings is 1. The Bertz CT molecular complexity index is 496. The Morgan fingerprint density at radius 2 is 1.95 bits per heavy atom. The van der Waals surface area contributed by atoms with Crippen LogP contribution in [0.3, 0.4) is 0 Å². The molecule has 1 heterocycles. The molecule has 3 heteroatoms. The van der Waals surface area contributed by atoms with E-state index < -0.39 is 5.60 Å². The minimum atomic E-state index is -0.635. The number of hydrogen-bond donors (Lipinski definition) is 1. The Labute approximate surface area is 125 Å². The van der Waals surface area contributed by atoms with Gasteiger partial charge in [0.15, 0.2) is 0 Å². The minimum Gasteiger partial charge on any atom is -0.389 e. The van der Waals surface area contributed by atoms with Crippen LogP contribution in [0.5, 0.6) is 0 Å². The van der Waals surface area contributed by atoms with Crippen molar-refractivity contribution in [3.05, 3.63) is 47.0 Å². The monoisotopic (exact) mass is 292 g/mol. The Morgan fingerprint density at radius 3 is 2.75 bits per heavy atom. The van der Waals surface area contributed by atoms with Gasteiger partial charge in [-0.05, 0) is 49.8 Å². The largest absolute Gasteiger partial charge is 0.389 e. The van der Waals surface area contributed by atoms with Crippen molar-refractivity contribution < 1.29 is 9.84 Å². The summed E-state index contributed by atoms with van der Waals surface area (Å²) in [4.78, 5) is 0. The topological polar surface area (TPSA) is 29.5 Å². The fourth-order valence-corrected chi connectivity index (χ4v) is 3.83. The molecule has 2 nitrogen and oxygen atoms in total. The lowest BCUT2D eigenvalue weighted by Gasteiger charge is -2.43. The molecule has 0 saturated heterocycles. The van der Waals surface area contributed by atoms with Crippen molar-refractivity contribution in [1.82, 2.24) is 0 Å². The van der Waals surface area contributed by atoms with E-state index in [4.69, 9.17) is 16.3 Å². The van der Waals surface area contributed by atoms with Gasteiger partial charge in [0.05, 0.1) is 18.8 Å². The lowest BCUT2D eigenvalue weighted by atomic mass is 9.69. The van der Waals surface area contributed by atoms with Crippen LogP contribution in [0.15, 0.2) is 36.4 Å². The van der Waals surface area contributed by atoms with Crippen LogP contribution in [-0.4, -0.2) is 23.9 Å². The molecule has 1 fully saturated rings. The van der Waals surface area contributed by atoms with Gasteiger partial charge in [0.1, 0.15) is 0 Å². The molecule has 1 saturated carbocycles. The molecule has 1 aromatic rings. The molecule has 0 amide bonds. The van der Waals surface area contributed by atoms with Crippen LogP contribution in [0.25, 0.3) is 0 Å². The summed E-state index contributed by atoms with van der Waals surface area (Å²) in [5.41, 5.74) is 0.428. The van der Waals surface area contributed by atoms with Gasteiger partial charge in [-0.2, -0.15) is 0 Å². The van der Waals surface area contributed by atoms with Crippen LogP contribution in [0.4, 0.5) is 0 Å². The van der Waals surface area contributed by atoms with Crippen molar-refractivity contribution in [2.24, 2.45) is 5.41 Å². The van der Waals surface area contributed by atoms with Gasteiger partial charge in [-0.1, -0.05) is 35.9 Å². The maximum atomic E-state index is 11.1. The van der Waals surface area contributed by atoms with Gasteiger partial charge < -0.3 is 9.84 Å². The van der Waals surface area contributed by atoms with E-state index in [0.717, 1.165) is 37.1 Å². The number of ether oxygens (including phenoxy) is 1. The zero-order chi connectivity index (χ0) is 14.1. The van der Waals surface area contributed by atoms with Crippen LogP contribution in [0.2, 0.25) is 5.02 Å². The molecule has 0 aromatic heterocycles. The van der Waals surface area contributed by atoms with E-state index in [1.807, 2.05) is 18.2 Å². The van der Waals surface area contributed by atoms with E-state index in [0.29, 0.717) is 13.2 Å². The number of halogens is 1. The molecule has 1 aliphatic heterocycles. The van der Waals surface area contributed by atoms with Gasteiger partial charge in [-0.25, -0.2) is 0 Å². The Hall–Kier alpha value is -0.830. The second-order valence-electron chi connectivity index (χ2n) is 6.16. The molecule has 1 aromatic carbocycles. The molecule has 1 N–H and O–H groups in total. The molecule has 0 radical (unpaired) electrons. The third kappa shape index (κ3) is 2.52. The van der Waals surface area contributed by atoms with Crippen molar-refractivity contribution >= 4 is 11.6 Å². The first-order valence-corrected chi connectivity index (χ1v) is 7.71. The highest BCUT2D eigenvalue weighted by atomic mass is 35.5. The molecule has 108 valence electrons. The summed E-state index contributed by atoms with van der Waals surface area (Å²) in [6, 6.07) is 7.96. The van der Waals surface area contributed by atoms with Crippen LogP contribution in [-0.2, 0) is 11.2 Å². The zero-order valence-electron chi connectivity index (χ0n) is 11.6. The normalized spacial score (nSPS) is 35.1. The van der Waals surface area contributed by atoms with Crippen LogP contribution in [0, 0.1) is 5.41 Å². The summed E-state index contributed by atoms with van der Waals surface area (Å²) < 4.78 is 5.78. The number of aliphatic hydroxyl groups is 1. The van der Waals surface area contributed by atoms with Gasteiger partial charge in [0, 0.05) is 10.4 Å². The first kappa shape index (κ1) is 14.1. The van der Waals surface area contributed by atoms with Gasteiger partial charge in [0.25, 0.3) is 0 Å². The zero-order valence-corrected chi connectivity index (χ0v) is 12.4. The van der Waals surface area contributed by atoms with Crippen molar-refractivity contribution in [3.63, 3.8) is 0 Å². The summed E-state index contributed by atoms with van der Waals surface area (Å²) in [6.07, 6.45) is 8.65. The quantitative estimate of drug-likeness (QED) is 0.841. The van der Waals surface area contributed by atoms with Crippen molar-refractivity contribution in [2.75, 3.05) is 13.2 Å². The molecular weight excluding hydrogens is 272 g/mol. The third-order valence-electron chi connectivity index (χ3n) is 4.90. The van der Waals surface area contributed by atoms with Crippen molar-refractivity contribution in [2.45, 2.75) is 37.7 Å². The van der Waals surface area contributed by atoms with Crippen molar-refractivity contribution in [3.8, 4) is 0 Å². The fourth-order valence-electron chi connectivity index (χ4n) is 3.71. The second-order valence-corrected chi connectivity index (χ2v) is 6.60. The molecule has 0 bridgehead atoms. The van der Waals surface area contributed by atoms with Crippen molar-refractivity contribution in [1.29, 1.82) is 0 Å². The highest BCUT2D eigenvalue weighted by Crippen LogP contribution is 2.51. The Kier molecular flexibility index (Phi) is 3.89. The molecule has 2 aliphatic rings. The second kappa shape index (κ2) is 5.51. The third-order valence-corrected chi connectivity index (χ3v) is 5.16. The fraction of sp³-hybridized carbons (Fsp3) is 0.529. The van der Waals surface area contributed by atoms with E-state index in [-0.39, 0.29) is 5.41 Å². The molecule has 0 spiro atoms. The summed E-state index contributed by atoms with van der Waals surface area (Å²) in [5.74, 6) is 0. The standard InChI is InChI=1S/C17H21ClO2/c18-15-6-4-14(5-7-15)12-16-8-3-10-17(16,19)9-1-2-11-20-13-16/h1-2,4-7,19H,3,8-13H2/b2-1-/t16-,17+/m1/s1. The van der Waals surface area contributed by atoms with Gasteiger partial charge in [-0.15, -0.1) is 0 Å². The predicted octanol–water partition coefficient (Wildman–Crippen LogP) is 3.76. The number of rotatable bonds is 2. The van der Waals surface area contributed by atoms with Crippen LogP contribution < -0.4 is 0 Å². The molecule has 1 aliphatic carbocycles. The van der Waals surface area contributed by atoms with E-state index in [1.54, 1.807) is 0 Å². The average molecular weight is 293 g/mol. The highest BCUT2D eigenvalue weighted by molar-refractivity contribution is 6.30. The number of hydrogen-bond acceptors (Lipinski definition) is 2. The summed E-state index contributed by atoms with van der Waals surface area (Å²) >= 11 is 5.96. The smallest absolute Gasteiger partial charge is 0.0763 e. The number of fused-ring (bicyclic) bond motifs is 1. The van der Waals surface area contributed by atoms with Crippen LogP contribution in [0.1, 0.15) is 31.2 Å². The molecule has 2 atom stereocenters. The lowest BCUT2D eigenvalue weighted by molar-refractivity contribution is -0.100. The molecular formula is C17H21ClO2. The van der Waals surface area contributed by atoms with Gasteiger partial charge >= 0.3 is 0 Å². The summed E-state index contributed by atoms with van der Waals surface area (Å²) in [5, 5.41) is 11.9. The maximum Gasteiger partial charge on any atom is 0.0763 e. The van der Waals surface area contributed by atoms with E-state index in [2.05, 4.69) is 18.2 Å². The minimum absolute atomic E-state index is 0.161.